The number of hydrogen-bond donors (Lipinski definition) is 1. The van der Waals surface area contributed by atoms with Crippen LogP contribution in [0.4, 0.5) is 5.69 Å². The van der Waals surface area contributed by atoms with Crippen molar-refractivity contribution in [2.75, 3.05) is 18.0 Å². The van der Waals surface area contributed by atoms with E-state index < -0.39 is 0 Å². The zero-order valence-corrected chi connectivity index (χ0v) is 12.8. The minimum Gasteiger partial charge on any atom is -0.392 e. The molecule has 1 saturated heterocycles. The lowest BCUT2D eigenvalue weighted by molar-refractivity contribution is 0.282. The van der Waals surface area contributed by atoms with Gasteiger partial charge in [-0.3, -0.25) is 0 Å². The van der Waals surface area contributed by atoms with Crippen LogP contribution in [0.2, 0.25) is 0 Å². The second-order valence-corrected chi connectivity index (χ2v) is 6.85. The van der Waals surface area contributed by atoms with Crippen LogP contribution >= 0.6 is 15.9 Å². The van der Waals surface area contributed by atoms with Crippen LogP contribution in [0.1, 0.15) is 38.7 Å². The Balaban J connectivity index is 2.21. The van der Waals surface area contributed by atoms with Gasteiger partial charge in [-0.15, -0.1) is 0 Å². The van der Waals surface area contributed by atoms with Crippen molar-refractivity contribution in [2.45, 2.75) is 39.7 Å². The first-order chi connectivity index (χ1) is 8.52. The van der Waals surface area contributed by atoms with E-state index in [9.17, 15) is 5.11 Å². The molecule has 0 amide bonds. The molecule has 0 bridgehead atoms. The highest BCUT2D eigenvalue weighted by atomic mass is 79.9. The SMILES string of the molecule is CC1(C)CCCN(c2ccc(Br)cc2CO)CC1. The lowest BCUT2D eigenvalue weighted by atomic mass is 9.85. The smallest absolute Gasteiger partial charge is 0.0702 e. The molecule has 0 aromatic heterocycles. The van der Waals surface area contributed by atoms with E-state index in [1.807, 2.05) is 6.07 Å². The van der Waals surface area contributed by atoms with Gasteiger partial charge in [0, 0.05) is 28.8 Å². The fourth-order valence-electron chi connectivity index (χ4n) is 2.65. The molecule has 100 valence electrons. The van der Waals surface area contributed by atoms with E-state index in [-0.39, 0.29) is 6.61 Å². The van der Waals surface area contributed by atoms with Gasteiger partial charge in [0.25, 0.3) is 0 Å². The Bertz CT molecular complexity index is 417. The Morgan fingerprint density at radius 1 is 1.28 bits per heavy atom. The molecule has 2 nitrogen and oxygen atoms in total. The van der Waals surface area contributed by atoms with Crippen LogP contribution in [0.3, 0.4) is 0 Å². The molecular formula is C15H22BrNO. The summed E-state index contributed by atoms with van der Waals surface area (Å²) in [4.78, 5) is 2.42. The number of aliphatic hydroxyl groups is 1. The van der Waals surface area contributed by atoms with Crippen molar-refractivity contribution in [2.24, 2.45) is 5.41 Å². The van der Waals surface area contributed by atoms with Gasteiger partial charge in [0.2, 0.25) is 0 Å². The summed E-state index contributed by atoms with van der Waals surface area (Å²) in [6.45, 7) is 6.99. The normalized spacial score (nSPS) is 19.7. The van der Waals surface area contributed by atoms with E-state index in [4.69, 9.17) is 0 Å². The first kappa shape index (κ1) is 13.9. The molecule has 18 heavy (non-hydrogen) atoms. The summed E-state index contributed by atoms with van der Waals surface area (Å²) in [6.07, 6.45) is 3.73. The largest absolute Gasteiger partial charge is 0.392 e. The average molecular weight is 312 g/mol. The molecule has 1 aliphatic heterocycles. The Morgan fingerprint density at radius 3 is 2.78 bits per heavy atom. The van der Waals surface area contributed by atoms with E-state index in [1.165, 1.54) is 24.9 Å². The molecule has 0 unspecified atom stereocenters. The molecule has 1 aromatic carbocycles. The summed E-state index contributed by atoms with van der Waals surface area (Å²) in [7, 11) is 0. The minimum absolute atomic E-state index is 0.106. The molecule has 0 aliphatic carbocycles. The second-order valence-electron chi connectivity index (χ2n) is 5.94. The number of aliphatic hydroxyl groups excluding tert-OH is 1. The first-order valence-corrected chi connectivity index (χ1v) is 7.45. The summed E-state index contributed by atoms with van der Waals surface area (Å²) in [5.41, 5.74) is 2.66. The van der Waals surface area contributed by atoms with E-state index in [2.05, 4.69) is 46.8 Å². The molecule has 0 atom stereocenters. The summed E-state index contributed by atoms with van der Waals surface area (Å²) in [6, 6.07) is 6.20. The Labute approximate surface area is 118 Å². The van der Waals surface area contributed by atoms with E-state index >= 15 is 0 Å². The lowest BCUT2D eigenvalue weighted by Crippen LogP contribution is -2.26. The lowest BCUT2D eigenvalue weighted by Gasteiger charge is -2.26. The predicted octanol–water partition coefficient (Wildman–Crippen LogP) is 3.96. The van der Waals surface area contributed by atoms with E-state index in [0.29, 0.717) is 5.41 Å². The molecule has 3 heteroatoms. The molecule has 0 saturated carbocycles. The van der Waals surface area contributed by atoms with E-state index in [0.717, 1.165) is 23.1 Å². The van der Waals surface area contributed by atoms with Crippen molar-refractivity contribution in [3.63, 3.8) is 0 Å². The maximum absolute atomic E-state index is 9.50. The van der Waals surface area contributed by atoms with Crippen LogP contribution in [0.25, 0.3) is 0 Å². The predicted molar refractivity (Wildman–Crippen MR) is 79.9 cm³/mol. The monoisotopic (exact) mass is 311 g/mol. The van der Waals surface area contributed by atoms with Gasteiger partial charge in [-0.25, -0.2) is 0 Å². The van der Waals surface area contributed by atoms with Crippen molar-refractivity contribution in [3.8, 4) is 0 Å². The molecular weight excluding hydrogens is 290 g/mol. The van der Waals surface area contributed by atoms with Gasteiger partial charge in [-0.2, -0.15) is 0 Å². The van der Waals surface area contributed by atoms with Crippen LogP contribution in [0, 0.1) is 5.41 Å². The average Bonchev–Trinajstić information content (AvgIpc) is 2.50. The Morgan fingerprint density at radius 2 is 2.06 bits per heavy atom. The van der Waals surface area contributed by atoms with Crippen LogP contribution in [-0.4, -0.2) is 18.2 Å². The molecule has 1 aliphatic rings. The van der Waals surface area contributed by atoms with Crippen LogP contribution in [-0.2, 0) is 6.61 Å². The summed E-state index contributed by atoms with van der Waals surface area (Å²) < 4.78 is 1.03. The van der Waals surface area contributed by atoms with E-state index in [1.54, 1.807) is 0 Å². The number of rotatable bonds is 2. The molecule has 1 heterocycles. The molecule has 1 N–H and O–H groups in total. The van der Waals surface area contributed by atoms with Gasteiger partial charge in [0.15, 0.2) is 0 Å². The highest BCUT2D eigenvalue weighted by Gasteiger charge is 2.23. The zero-order valence-electron chi connectivity index (χ0n) is 11.2. The first-order valence-electron chi connectivity index (χ1n) is 6.66. The van der Waals surface area contributed by atoms with Gasteiger partial charge < -0.3 is 10.0 Å². The molecule has 1 fully saturated rings. The van der Waals surface area contributed by atoms with Crippen LogP contribution in [0.5, 0.6) is 0 Å². The molecule has 0 radical (unpaired) electrons. The maximum atomic E-state index is 9.50. The van der Waals surface area contributed by atoms with Gasteiger partial charge >= 0.3 is 0 Å². The summed E-state index contributed by atoms with van der Waals surface area (Å²) >= 11 is 3.47. The Kier molecular flexibility index (Phi) is 4.33. The minimum atomic E-state index is 0.106. The van der Waals surface area contributed by atoms with Crippen LogP contribution < -0.4 is 4.90 Å². The molecule has 0 spiro atoms. The zero-order chi connectivity index (χ0) is 13.2. The topological polar surface area (TPSA) is 23.5 Å². The fourth-order valence-corrected chi connectivity index (χ4v) is 3.06. The Hall–Kier alpha value is -0.540. The van der Waals surface area contributed by atoms with Crippen molar-refractivity contribution in [3.05, 3.63) is 28.2 Å². The second kappa shape index (κ2) is 5.62. The maximum Gasteiger partial charge on any atom is 0.0702 e. The van der Waals surface area contributed by atoms with Gasteiger partial charge in [0.05, 0.1) is 6.61 Å². The fraction of sp³-hybridized carbons (Fsp3) is 0.600. The third kappa shape index (κ3) is 3.27. The van der Waals surface area contributed by atoms with Gasteiger partial charge in [-0.05, 0) is 42.9 Å². The number of hydrogen-bond acceptors (Lipinski definition) is 2. The number of anilines is 1. The van der Waals surface area contributed by atoms with Crippen LogP contribution in [0.15, 0.2) is 22.7 Å². The molecule has 1 aromatic rings. The third-order valence-corrected chi connectivity index (χ3v) is 4.39. The van der Waals surface area contributed by atoms with Gasteiger partial charge in [-0.1, -0.05) is 29.8 Å². The van der Waals surface area contributed by atoms with Crippen molar-refractivity contribution in [1.82, 2.24) is 0 Å². The molecule has 2 rings (SSSR count). The number of halogens is 1. The highest BCUT2D eigenvalue weighted by Crippen LogP contribution is 2.33. The summed E-state index contributed by atoms with van der Waals surface area (Å²) in [5, 5.41) is 9.50. The van der Waals surface area contributed by atoms with Crippen molar-refractivity contribution < 1.29 is 5.11 Å². The number of benzene rings is 1. The summed E-state index contributed by atoms with van der Waals surface area (Å²) in [5.74, 6) is 0. The highest BCUT2D eigenvalue weighted by molar-refractivity contribution is 9.10. The van der Waals surface area contributed by atoms with Gasteiger partial charge in [0.1, 0.15) is 0 Å². The standard InChI is InChI=1S/C15H22BrNO/c1-15(2)6-3-8-17(9-7-15)14-5-4-13(16)10-12(14)11-18/h4-5,10,18H,3,6-9,11H2,1-2H3. The quantitative estimate of drug-likeness (QED) is 0.893. The third-order valence-electron chi connectivity index (χ3n) is 3.89. The number of nitrogens with zero attached hydrogens (tertiary/aromatic N) is 1. The van der Waals surface area contributed by atoms with Crippen molar-refractivity contribution >= 4 is 21.6 Å². The van der Waals surface area contributed by atoms with Crippen molar-refractivity contribution in [1.29, 1.82) is 0 Å².